The molecule has 0 unspecified atom stereocenters. The lowest BCUT2D eigenvalue weighted by Crippen LogP contribution is -2.44. The van der Waals surface area contributed by atoms with Gasteiger partial charge in [0.05, 0.1) is 19.7 Å². The van der Waals surface area contributed by atoms with E-state index in [4.69, 9.17) is 10.8 Å². The van der Waals surface area contributed by atoms with Gasteiger partial charge in [-0.05, 0) is 13.0 Å². The monoisotopic (exact) mass is 271 g/mol. The molecule has 0 saturated carbocycles. The summed E-state index contributed by atoms with van der Waals surface area (Å²) in [5.74, 6) is -0.416. The third-order valence-corrected chi connectivity index (χ3v) is 2.30. The molecule has 0 bridgehead atoms. The lowest BCUT2D eigenvalue weighted by molar-refractivity contribution is -0.151. The molecule has 0 aromatic heterocycles. The number of aliphatic hydroxyl groups is 1. The van der Waals surface area contributed by atoms with Crippen LogP contribution in [-0.4, -0.2) is 73.4 Å². The minimum atomic E-state index is -4.38. The smallest absolute Gasteiger partial charge is 0.395 e. The molecular weight excluding hydrogens is 251 g/mol. The van der Waals surface area contributed by atoms with Crippen molar-refractivity contribution in [2.24, 2.45) is 5.73 Å². The number of carbonyl (C=O) groups excluding carboxylic acids is 1. The minimum absolute atomic E-state index is 0.185. The number of hydrogen-bond acceptors (Lipinski definition) is 4. The second kappa shape index (κ2) is 8.28. The predicted octanol–water partition coefficient (Wildman–Crippen LogP) is -0.350. The van der Waals surface area contributed by atoms with Crippen molar-refractivity contribution in [3.05, 3.63) is 0 Å². The highest BCUT2D eigenvalue weighted by molar-refractivity contribution is 5.77. The number of halogens is 3. The molecule has 0 aliphatic heterocycles. The van der Waals surface area contributed by atoms with Crippen molar-refractivity contribution in [3.63, 3.8) is 0 Å². The van der Waals surface area contributed by atoms with Gasteiger partial charge in [0.15, 0.2) is 0 Å². The first-order chi connectivity index (χ1) is 8.30. The zero-order valence-corrected chi connectivity index (χ0v) is 10.4. The highest BCUT2D eigenvalue weighted by atomic mass is 19.4. The zero-order chi connectivity index (χ0) is 14.2. The fraction of sp³-hybridized carbons (Fsp3) is 0.900. The van der Waals surface area contributed by atoms with E-state index in [1.807, 2.05) is 0 Å². The lowest BCUT2D eigenvalue weighted by Gasteiger charge is -2.25. The summed E-state index contributed by atoms with van der Waals surface area (Å²) in [6, 6.07) is 0. The van der Waals surface area contributed by atoms with Crippen molar-refractivity contribution >= 4 is 5.91 Å². The van der Waals surface area contributed by atoms with E-state index < -0.39 is 25.2 Å². The topological polar surface area (TPSA) is 69.8 Å². The Morgan fingerprint density at radius 1 is 1.33 bits per heavy atom. The summed E-state index contributed by atoms with van der Waals surface area (Å²) in [7, 11) is 1.52. The van der Waals surface area contributed by atoms with Crippen molar-refractivity contribution in [2.75, 3.05) is 46.4 Å². The summed E-state index contributed by atoms with van der Waals surface area (Å²) in [5.41, 5.74) is 5.28. The molecule has 0 rings (SSSR count). The fourth-order valence-electron chi connectivity index (χ4n) is 1.37. The van der Waals surface area contributed by atoms with Gasteiger partial charge in [-0.15, -0.1) is 0 Å². The van der Waals surface area contributed by atoms with Gasteiger partial charge in [0.1, 0.15) is 0 Å². The standard InChI is InChI=1S/C10H20F3N3O2/c1-15(4-2-3-14)9(18)7-16(5-6-17)8-10(11,12)13/h17H,2-8,14H2,1H3. The summed E-state index contributed by atoms with van der Waals surface area (Å²) < 4.78 is 36.7. The van der Waals surface area contributed by atoms with E-state index in [1.54, 1.807) is 0 Å². The van der Waals surface area contributed by atoms with Gasteiger partial charge in [-0.25, -0.2) is 0 Å². The average molecular weight is 271 g/mol. The highest BCUT2D eigenvalue weighted by Crippen LogP contribution is 2.16. The highest BCUT2D eigenvalue weighted by Gasteiger charge is 2.31. The van der Waals surface area contributed by atoms with Gasteiger partial charge in [0.25, 0.3) is 0 Å². The maximum absolute atomic E-state index is 12.2. The van der Waals surface area contributed by atoms with Gasteiger partial charge in [-0.1, -0.05) is 0 Å². The Balaban J connectivity index is 4.26. The Hall–Kier alpha value is -0.860. The maximum atomic E-state index is 12.2. The molecule has 0 fully saturated rings. The third-order valence-electron chi connectivity index (χ3n) is 2.30. The number of rotatable bonds is 8. The van der Waals surface area contributed by atoms with Gasteiger partial charge < -0.3 is 15.7 Å². The quantitative estimate of drug-likeness (QED) is 0.633. The molecule has 1 amide bonds. The number of aliphatic hydroxyl groups excluding tert-OH is 1. The molecule has 0 atom stereocenters. The minimum Gasteiger partial charge on any atom is -0.395 e. The van der Waals surface area contributed by atoms with E-state index in [9.17, 15) is 18.0 Å². The molecule has 0 aliphatic rings. The van der Waals surface area contributed by atoms with E-state index >= 15 is 0 Å². The average Bonchev–Trinajstić information content (AvgIpc) is 2.23. The van der Waals surface area contributed by atoms with E-state index in [-0.39, 0.29) is 13.1 Å². The number of amides is 1. The number of likely N-dealkylation sites (N-methyl/N-ethyl adjacent to an activating group) is 1. The molecule has 8 heteroatoms. The van der Waals surface area contributed by atoms with Crippen LogP contribution in [0.4, 0.5) is 13.2 Å². The number of hydrogen-bond donors (Lipinski definition) is 2. The van der Waals surface area contributed by atoms with Crippen molar-refractivity contribution in [1.82, 2.24) is 9.80 Å². The number of nitrogens with zero attached hydrogens (tertiary/aromatic N) is 2. The van der Waals surface area contributed by atoms with Crippen LogP contribution >= 0.6 is 0 Å². The molecule has 0 saturated heterocycles. The van der Waals surface area contributed by atoms with Crippen molar-refractivity contribution in [1.29, 1.82) is 0 Å². The molecular formula is C10H20F3N3O2. The largest absolute Gasteiger partial charge is 0.401 e. The first-order valence-electron chi connectivity index (χ1n) is 5.64. The maximum Gasteiger partial charge on any atom is 0.401 e. The molecule has 0 heterocycles. The second-order valence-electron chi connectivity index (χ2n) is 4.01. The third kappa shape index (κ3) is 8.26. The molecule has 0 spiro atoms. The van der Waals surface area contributed by atoms with Gasteiger partial charge >= 0.3 is 6.18 Å². The van der Waals surface area contributed by atoms with E-state index in [0.29, 0.717) is 19.5 Å². The zero-order valence-electron chi connectivity index (χ0n) is 10.4. The van der Waals surface area contributed by atoms with Crippen LogP contribution < -0.4 is 5.73 Å². The summed E-state index contributed by atoms with van der Waals surface area (Å²) in [6.07, 6.45) is -3.78. The Bertz CT molecular complexity index is 249. The summed E-state index contributed by atoms with van der Waals surface area (Å²) in [6.45, 7) is -1.34. The van der Waals surface area contributed by atoms with Crippen molar-refractivity contribution < 1.29 is 23.1 Å². The molecule has 18 heavy (non-hydrogen) atoms. The van der Waals surface area contributed by atoms with Crippen LogP contribution in [0.25, 0.3) is 0 Å². The van der Waals surface area contributed by atoms with Gasteiger partial charge in [0.2, 0.25) is 5.91 Å². The lowest BCUT2D eigenvalue weighted by atomic mass is 10.3. The molecule has 3 N–H and O–H groups in total. The van der Waals surface area contributed by atoms with Gasteiger partial charge in [-0.2, -0.15) is 13.2 Å². The van der Waals surface area contributed by atoms with E-state index in [0.717, 1.165) is 4.90 Å². The number of nitrogens with two attached hydrogens (primary N) is 1. The molecule has 0 aromatic rings. The Labute approximate surface area is 104 Å². The molecule has 5 nitrogen and oxygen atoms in total. The summed E-state index contributed by atoms with van der Waals surface area (Å²) in [5, 5.41) is 8.68. The molecule has 0 aromatic carbocycles. The van der Waals surface area contributed by atoms with Crippen molar-refractivity contribution in [3.8, 4) is 0 Å². The fourth-order valence-corrected chi connectivity index (χ4v) is 1.37. The van der Waals surface area contributed by atoms with Gasteiger partial charge in [-0.3, -0.25) is 9.69 Å². The van der Waals surface area contributed by atoms with Crippen LogP contribution in [0.3, 0.4) is 0 Å². The number of alkyl halides is 3. The van der Waals surface area contributed by atoms with Crippen LogP contribution in [0, 0.1) is 0 Å². The van der Waals surface area contributed by atoms with Crippen LogP contribution in [0.5, 0.6) is 0 Å². The first-order valence-corrected chi connectivity index (χ1v) is 5.64. The Kier molecular flexibility index (Phi) is 7.88. The molecule has 108 valence electrons. The van der Waals surface area contributed by atoms with Crippen LogP contribution in [0.2, 0.25) is 0 Å². The SMILES string of the molecule is CN(CCCN)C(=O)CN(CCO)CC(F)(F)F. The first kappa shape index (κ1) is 17.1. The normalized spacial score (nSPS) is 11.9. The van der Waals surface area contributed by atoms with Crippen molar-refractivity contribution in [2.45, 2.75) is 12.6 Å². The van der Waals surface area contributed by atoms with Crippen LogP contribution in [-0.2, 0) is 4.79 Å². The predicted molar refractivity (Wildman–Crippen MR) is 60.9 cm³/mol. The molecule has 0 radical (unpaired) electrons. The second-order valence-corrected chi connectivity index (χ2v) is 4.01. The van der Waals surface area contributed by atoms with Gasteiger partial charge in [0, 0.05) is 20.1 Å². The number of carbonyl (C=O) groups is 1. The summed E-state index contributed by atoms with van der Waals surface area (Å²) >= 11 is 0. The van der Waals surface area contributed by atoms with E-state index in [1.165, 1.54) is 11.9 Å². The Morgan fingerprint density at radius 2 is 1.94 bits per heavy atom. The summed E-state index contributed by atoms with van der Waals surface area (Å²) in [4.78, 5) is 13.8. The van der Waals surface area contributed by atoms with Crippen LogP contribution in [0.1, 0.15) is 6.42 Å². The van der Waals surface area contributed by atoms with E-state index in [2.05, 4.69) is 0 Å². The molecule has 0 aliphatic carbocycles. The Morgan fingerprint density at radius 3 is 2.39 bits per heavy atom. The van der Waals surface area contributed by atoms with Crippen LogP contribution in [0.15, 0.2) is 0 Å².